The third-order valence-electron chi connectivity index (χ3n) is 3.42. The van der Waals surface area contributed by atoms with E-state index in [0.29, 0.717) is 27.4 Å². The first kappa shape index (κ1) is 15.1. The van der Waals surface area contributed by atoms with Crippen molar-refractivity contribution in [1.82, 2.24) is 4.98 Å². The summed E-state index contributed by atoms with van der Waals surface area (Å²) in [5.74, 6) is 0.114. The Bertz CT molecular complexity index is 950. The molecule has 0 unspecified atom stereocenters. The van der Waals surface area contributed by atoms with E-state index in [1.807, 2.05) is 0 Å². The number of amides is 1. The highest BCUT2D eigenvalue weighted by molar-refractivity contribution is 6.31. The van der Waals surface area contributed by atoms with Crippen molar-refractivity contribution >= 4 is 34.1 Å². The number of benzene rings is 2. The van der Waals surface area contributed by atoms with E-state index >= 15 is 0 Å². The van der Waals surface area contributed by atoms with Crippen molar-refractivity contribution in [3.8, 4) is 5.75 Å². The molecule has 1 heterocycles. The van der Waals surface area contributed by atoms with Crippen LogP contribution < -0.4 is 15.5 Å². The number of aromatic nitrogens is 1. The molecule has 0 radical (unpaired) electrons. The number of anilines is 1. The number of hydrogen-bond donors (Lipinski definition) is 2. The van der Waals surface area contributed by atoms with Crippen molar-refractivity contribution in [3.63, 3.8) is 0 Å². The maximum absolute atomic E-state index is 12.5. The van der Waals surface area contributed by atoms with Crippen LogP contribution in [0.25, 0.3) is 10.9 Å². The lowest BCUT2D eigenvalue weighted by Gasteiger charge is -2.07. The second-order valence-electron chi connectivity index (χ2n) is 4.91. The van der Waals surface area contributed by atoms with Gasteiger partial charge in [0.15, 0.2) is 0 Å². The third kappa shape index (κ3) is 3.05. The van der Waals surface area contributed by atoms with Gasteiger partial charge in [0.05, 0.1) is 7.11 Å². The highest BCUT2D eigenvalue weighted by Gasteiger charge is 2.13. The molecular formula is C17H13ClN2O3. The van der Waals surface area contributed by atoms with Crippen LogP contribution in [-0.4, -0.2) is 18.0 Å². The summed E-state index contributed by atoms with van der Waals surface area (Å²) in [6.07, 6.45) is 1.40. The van der Waals surface area contributed by atoms with Crippen LogP contribution in [0.15, 0.2) is 53.5 Å². The number of H-pyrrole nitrogens is 1. The van der Waals surface area contributed by atoms with Crippen molar-refractivity contribution < 1.29 is 9.53 Å². The fourth-order valence-corrected chi connectivity index (χ4v) is 2.43. The van der Waals surface area contributed by atoms with E-state index in [1.165, 1.54) is 12.3 Å². The van der Waals surface area contributed by atoms with E-state index < -0.39 is 5.91 Å². The van der Waals surface area contributed by atoms with Gasteiger partial charge < -0.3 is 15.0 Å². The molecule has 0 saturated heterocycles. The monoisotopic (exact) mass is 328 g/mol. The molecule has 23 heavy (non-hydrogen) atoms. The van der Waals surface area contributed by atoms with E-state index in [0.717, 1.165) is 0 Å². The molecule has 0 bridgehead atoms. The molecule has 0 aliphatic heterocycles. The summed E-state index contributed by atoms with van der Waals surface area (Å²) in [5, 5.41) is 3.49. The Morgan fingerprint density at radius 3 is 2.83 bits per heavy atom. The van der Waals surface area contributed by atoms with Gasteiger partial charge in [0.25, 0.3) is 5.91 Å². The van der Waals surface area contributed by atoms with Crippen molar-refractivity contribution in [1.29, 1.82) is 0 Å². The Morgan fingerprint density at radius 1 is 1.22 bits per heavy atom. The zero-order chi connectivity index (χ0) is 16.4. The molecule has 0 atom stereocenters. The van der Waals surface area contributed by atoms with Crippen LogP contribution in [0.1, 0.15) is 10.4 Å². The number of nitrogens with one attached hydrogen (secondary N) is 2. The molecule has 0 spiro atoms. The van der Waals surface area contributed by atoms with Gasteiger partial charge in [-0.2, -0.15) is 0 Å². The van der Waals surface area contributed by atoms with Gasteiger partial charge in [-0.05, 0) is 30.3 Å². The van der Waals surface area contributed by atoms with Gasteiger partial charge in [0.1, 0.15) is 11.3 Å². The Labute approximate surface area is 136 Å². The molecular weight excluding hydrogens is 316 g/mol. The maximum atomic E-state index is 12.5. The molecule has 3 rings (SSSR count). The quantitative estimate of drug-likeness (QED) is 0.773. The lowest BCUT2D eigenvalue weighted by Crippen LogP contribution is -2.21. The summed E-state index contributed by atoms with van der Waals surface area (Å²) in [4.78, 5) is 27.8. The molecule has 2 aromatic carbocycles. The van der Waals surface area contributed by atoms with Crippen molar-refractivity contribution in [2.24, 2.45) is 0 Å². The molecule has 0 saturated carbocycles. The van der Waals surface area contributed by atoms with E-state index in [4.69, 9.17) is 16.3 Å². The second-order valence-corrected chi connectivity index (χ2v) is 5.34. The van der Waals surface area contributed by atoms with Gasteiger partial charge >= 0.3 is 0 Å². The fraction of sp³-hybridized carbons (Fsp3) is 0.0588. The number of methoxy groups -OCH3 is 1. The van der Waals surface area contributed by atoms with Crippen LogP contribution in [0, 0.1) is 0 Å². The Morgan fingerprint density at radius 2 is 2.04 bits per heavy atom. The molecule has 0 aliphatic rings. The first-order valence-electron chi connectivity index (χ1n) is 6.85. The molecule has 0 fully saturated rings. The highest BCUT2D eigenvalue weighted by Crippen LogP contribution is 2.18. The number of carbonyl (C=O) groups is 1. The predicted molar refractivity (Wildman–Crippen MR) is 90.5 cm³/mol. The molecule has 3 aromatic rings. The number of carbonyl (C=O) groups excluding carboxylic acids is 1. The Kier molecular flexibility index (Phi) is 4.04. The van der Waals surface area contributed by atoms with Gasteiger partial charge in [-0.25, -0.2) is 0 Å². The topological polar surface area (TPSA) is 71.2 Å². The number of aromatic amines is 1. The first-order valence-corrected chi connectivity index (χ1v) is 7.22. The van der Waals surface area contributed by atoms with Crippen LogP contribution in [0.3, 0.4) is 0 Å². The normalized spacial score (nSPS) is 10.5. The summed E-state index contributed by atoms with van der Waals surface area (Å²) in [6.45, 7) is 0. The second kappa shape index (κ2) is 6.14. The van der Waals surface area contributed by atoms with Crippen LogP contribution in [0.2, 0.25) is 5.02 Å². The molecule has 5 nitrogen and oxygen atoms in total. The van der Waals surface area contributed by atoms with Crippen LogP contribution in [-0.2, 0) is 0 Å². The number of hydrogen-bond acceptors (Lipinski definition) is 3. The predicted octanol–water partition coefficient (Wildman–Crippen LogP) is 3.44. The summed E-state index contributed by atoms with van der Waals surface area (Å²) >= 11 is 5.92. The van der Waals surface area contributed by atoms with Gasteiger partial charge in [-0.1, -0.05) is 17.7 Å². The standard InChI is InChI=1S/C17H13ClN2O3/c1-23-12-4-2-3-11(8-12)20-17(22)14-9-19-15-6-5-10(18)7-13(15)16(14)21/h2-9H,1H3,(H,19,21)(H,20,22). The fourth-order valence-electron chi connectivity index (χ4n) is 2.26. The number of halogens is 1. The average molecular weight is 329 g/mol. The van der Waals surface area contributed by atoms with Gasteiger partial charge in [-0.15, -0.1) is 0 Å². The summed E-state index contributed by atoms with van der Waals surface area (Å²) < 4.78 is 5.10. The maximum Gasteiger partial charge on any atom is 0.261 e. The average Bonchev–Trinajstić information content (AvgIpc) is 2.55. The van der Waals surface area contributed by atoms with Crippen molar-refractivity contribution in [2.75, 3.05) is 12.4 Å². The lowest BCUT2D eigenvalue weighted by atomic mass is 10.1. The minimum Gasteiger partial charge on any atom is -0.497 e. The SMILES string of the molecule is COc1cccc(NC(=O)c2c[nH]c3ccc(Cl)cc3c2=O)c1. The first-order chi connectivity index (χ1) is 11.1. The van der Waals surface area contributed by atoms with Crippen LogP contribution in [0.4, 0.5) is 5.69 Å². The summed E-state index contributed by atoms with van der Waals surface area (Å²) in [5.41, 5.74) is 0.807. The minimum absolute atomic E-state index is 0.0163. The van der Waals surface area contributed by atoms with Crippen molar-refractivity contribution in [2.45, 2.75) is 0 Å². The Hall–Kier alpha value is -2.79. The molecule has 6 heteroatoms. The lowest BCUT2D eigenvalue weighted by molar-refractivity contribution is 0.102. The molecule has 2 N–H and O–H groups in total. The van der Waals surface area contributed by atoms with E-state index in [9.17, 15) is 9.59 Å². The Balaban J connectivity index is 1.97. The third-order valence-corrected chi connectivity index (χ3v) is 3.65. The van der Waals surface area contributed by atoms with Crippen LogP contribution >= 0.6 is 11.6 Å². The number of pyridine rings is 1. The number of rotatable bonds is 3. The van der Waals surface area contributed by atoms with Gasteiger partial charge in [0.2, 0.25) is 5.43 Å². The summed E-state index contributed by atoms with van der Waals surface area (Å²) in [6, 6.07) is 11.8. The highest BCUT2D eigenvalue weighted by atomic mass is 35.5. The number of ether oxygens (including phenoxy) is 1. The summed E-state index contributed by atoms with van der Waals surface area (Å²) in [7, 11) is 1.54. The van der Waals surface area contributed by atoms with Crippen molar-refractivity contribution in [3.05, 3.63) is 69.5 Å². The van der Waals surface area contributed by atoms with Gasteiger partial charge in [-0.3, -0.25) is 9.59 Å². The van der Waals surface area contributed by atoms with E-state index in [1.54, 1.807) is 43.5 Å². The van der Waals surface area contributed by atoms with E-state index in [2.05, 4.69) is 10.3 Å². The van der Waals surface area contributed by atoms with Crippen LogP contribution in [0.5, 0.6) is 5.75 Å². The molecule has 116 valence electrons. The van der Waals surface area contributed by atoms with Gasteiger partial charge in [0, 0.05) is 33.9 Å². The minimum atomic E-state index is -0.499. The smallest absolute Gasteiger partial charge is 0.261 e. The zero-order valence-corrected chi connectivity index (χ0v) is 13.0. The molecule has 1 aromatic heterocycles. The number of fused-ring (bicyclic) bond motifs is 1. The largest absolute Gasteiger partial charge is 0.497 e. The van der Waals surface area contributed by atoms with E-state index in [-0.39, 0.29) is 11.0 Å². The molecule has 1 amide bonds. The molecule has 0 aliphatic carbocycles. The zero-order valence-electron chi connectivity index (χ0n) is 12.2.